The van der Waals surface area contributed by atoms with Crippen LogP contribution in [0.5, 0.6) is 0 Å². The van der Waals surface area contributed by atoms with E-state index >= 15 is 0 Å². The number of carbonyl (C=O) groups excluding carboxylic acids is 1. The highest BCUT2D eigenvalue weighted by atomic mass is 16.3. The Morgan fingerprint density at radius 1 is 0.970 bits per heavy atom. The summed E-state index contributed by atoms with van der Waals surface area (Å²) in [6.07, 6.45) is 0.876. The molecule has 2 aromatic carbocycles. The molecule has 0 unspecified atom stereocenters. The van der Waals surface area contributed by atoms with Crippen molar-refractivity contribution in [3.8, 4) is 0 Å². The van der Waals surface area contributed by atoms with Gasteiger partial charge in [0.25, 0.3) is 5.91 Å². The van der Waals surface area contributed by atoms with Crippen LogP contribution in [0.15, 0.2) is 57.7 Å². The first kappa shape index (κ1) is 23.2. The van der Waals surface area contributed by atoms with Gasteiger partial charge in [0.1, 0.15) is 5.58 Å². The molecule has 1 aliphatic heterocycles. The van der Waals surface area contributed by atoms with Crippen molar-refractivity contribution in [2.75, 3.05) is 26.2 Å². The van der Waals surface area contributed by atoms with E-state index in [1.165, 1.54) is 10.5 Å². The van der Waals surface area contributed by atoms with E-state index in [2.05, 4.69) is 58.9 Å². The predicted octanol–water partition coefficient (Wildman–Crippen LogP) is 3.95. The Hall–Kier alpha value is -2.92. The van der Waals surface area contributed by atoms with E-state index in [1.54, 1.807) is 12.1 Å². The number of para-hydroxylation sites is 1. The molecule has 0 bridgehead atoms. The first-order chi connectivity index (χ1) is 15.8. The van der Waals surface area contributed by atoms with E-state index in [0.29, 0.717) is 23.1 Å². The smallest absolute Gasteiger partial charge is 0.290 e. The lowest BCUT2D eigenvalue weighted by Crippen LogP contribution is -3.11. The zero-order valence-electron chi connectivity index (χ0n) is 20.4. The summed E-state index contributed by atoms with van der Waals surface area (Å²) in [7, 11) is 0. The fourth-order valence-corrected chi connectivity index (χ4v) is 4.81. The molecule has 0 aliphatic carbocycles. The molecule has 33 heavy (non-hydrogen) atoms. The fourth-order valence-electron chi connectivity index (χ4n) is 4.81. The van der Waals surface area contributed by atoms with Gasteiger partial charge in [-0.05, 0) is 42.5 Å². The van der Waals surface area contributed by atoms with E-state index in [1.807, 2.05) is 17.0 Å². The van der Waals surface area contributed by atoms with Gasteiger partial charge in [0.15, 0.2) is 5.43 Å². The van der Waals surface area contributed by atoms with Gasteiger partial charge in [0.05, 0.1) is 36.6 Å². The maximum absolute atomic E-state index is 13.6. The van der Waals surface area contributed by atoms with Crippen LogP contribution >= 0.6 is 0 Å². The van der Waals surface area contributed by atoms with Gasteiger partial charge in [-0.1, -0.05) is 57.2 Å². The molecule has 3 aromatic rings. The average molecular weight is 448 g/mol. The standard InChI is InChI=1S/C28H34N2O3/c1-6-29(7-2)17-10-18-30-24(19-13-15-20(16-14-19)28(3,4)5)23-25(31)21-11-8-9-12-22(21)33-26(23)27(30)32/h8-9,11-16,24H,6-7,10,17-18H2,1-5H3/p+1/t24-/m0/s1. The molecule has 5 heteroatoms. The second-order valence-electron chi connectivity index (χ2n) is 10.0. The number of carbonyl (C=O) groups is 1. The zero-order chi connectivity index (χ0) is 23.8. The summed E-state index contributed by atoms with van der Waals surface area (Å²) in [4.78, 5) is 30.4. The van der Waals surface area contributed by atoms with Crippen molar-refractivity contribution in [2.24, 2.45) is 0 Å². The van der Waals surface area contributed by atoms with Crippen LogP contribution in [0.4, 0.5) is 0 Å². The van der Waals surface area contributed by atoms with Crippen LogP contribution in [0.1, 0.15) is 74.3 Å². The number of benzene rings is 2. The van der Waals surface area contributed by atoms with E-state index in [-0.39, 0.29) is 22.5 Å². The molecule has 4 rings (SSSR count). The van der Waals surface area contributed by atoms with Gasteiger partial charge in [-0.25, -0.2) is 0 Å². The average Bonchev–Trinajstić information content (AvgIpc) is 3.08. The Bertz CT molecular complexity index is 1200. The number of rotatable bonds is 7. The summed E-state index contributed by atoms with van der Waals surface area (Å²) in [6, 6.07) is 15.1. The molecule has 0 saturated heterocycles. The first-order valence-corrected chi connectivity index (χ1v) is 12.1. The normalized spacial score (nSPS) is 16.1. The number of nitrogens with one attached hydrogen (secondary N) is 1. The number of hydrogen-bond acceptors (Lipinski definition) is 3. The van der Waals surface area contributed by atoms with Crippen molar-refractivity contribution in [3.63, 3.8) is 0 Å². The molecule has 1 aromatic heterocycles. The minimum absolute atomic E-state index is 0.0311. The SMILES string of the molecule is CC[NH+](CC)CCCN1C(=O)c2oc3ccccc3c(=O)c2[C@@H]1c1ccc(C(C)(C)C)cc1. The van der Waals surface area contributed by atoms with Gasteiger partial charge in [-0.15, -0.1) is 0 Å². The molecule has 2 heterocycles. The number of quaternary nitrogens is 1. The Kier molecular flexibility index (Phi) is 6.44. The highest BCUT2D eigenvalue weighted by molar-refractivity contribution is 5.99. The van der Waals surface area contributed by atoms with Gasteiger partial charge < -0.3 is 14.2 Å². The molecule has 174 valence electrons. The molecular formula is C28H35N2O3+. The van der Waals surface area contributed by atoms with Crippen LogP contribution in [0.25, 0.3) is 11.0 Å². The highest BCUT2D eigenvalue weighted by Gasteiger charge is 2.42. The van der Waals surface area contributed by atoms with Crippen molar-refractivity contribution in [1.29, 1.82) is 0 Å². The third-order valence-corrected chi connectivity index (χ3v) is 6.89. The van der Waals surface area contributed by atoms with Crippen LogP contribution in [-0.2, 0) is 5.41 Å². The van der Waals surface area contributed by atoms with Crippen molar-refractivity contribution < 1.29 is 14.1 Å². The van der Waals surface area contributed by atoms with Gasteiger partial charge in [-0.3, -0.25) is 9.59 Å². The molecule has 0 radical (unpaired) electrons. The molecule has 1 amide bonds. The van der Waals surface area contributed by atoms with Crippen molar-refractivity contribution >= 4 is 16.9 Å². The predicted molar refractivity (Wildman–Crippen MR) is 132 cm³/mol. The van der Waals surface area contributed by atoms with Crippen molar-refractivity contribution in [2.45, 2.75) is 52.5 Å². The zero-order valence-corrected chi connectivity index (χ0v) is 20.4. The van der Waals surface area contributed by atoms with Gasteiger partial charge in [-0.2, -0.15) is 0 Å². The molecule has 1 aliphatic rings. The Morgan fingerprint density at radius 2 is 1.64 bits per heavy atom. The maximum Gasteiger partial charge on any atom is 0.290 e. The van der Waals surface area contributed by atoms with Gasteiger partial charge in [0, 0.05) is 13.0 Å². The first-order valence-electron chi connectivity index (χ1n) is 12.1. The third kappa shape index (κ3) is 4.34. The summed E-state index contributed by atoms with van der Waals surface area (Å²) < 4.78 is 6.03. The van der Waals surface area contributed by atoms with Crippen molar-refractivity contribution in [3.05, 3.63) is 81.2 Å². The van der Waals surface area contributed by atoms with Crippen LogP contribution in [0, 0.1) is 0 Å². The highest BCUT2D eigenvalue weighted by Crippen LogP contribution is 2.38. The van der Waals surface area contributed by atoms with Crippen molar-refractivity contribution in [1.82, 2.24) is 4.90 Å². The summed E-state index contributed by atoms with van der Waals surface area (Å²) in [6.45, 7) is 14.6. The lowest BCUT2D eigenvalue weighted by Gasteiger charge is -2.27. The Balaban J connectivity index is 1.78. The largest absolute Gasteiger partial charge is 0.450 e. The molecule has 0 saturated carbocycles. The number of fused-ring (bicyclic) bond motifs is 2. The van der Waals surface area contributed by atoms with Gasteiger partial charge in [0.2, 0.25) is 5.76 Å². The number of nitrogens with zero attached hydrogens (tertiary/aromatic N) is 1. The molecule has 0 fully saturated rings. The second-order valence-corrected chi connectivity index (χ2v) is 10.0. The maximum atomic E-state index is 13.6. The van der Waals surface area contributed by atoms with Crippen LogP contribution in [-0.4, -0.2) is 37.0 Å². The molecule has 1 N–H and O–H groups in total. The lowest BCUT2D eigenvalue weighted by molar-refractivity contribution is -0.896. The van der Waals surface area contributed by atoms with E-state index in [9.17, 15) is 9.59 Å². The Morgan fingerprint density at radius 3 is 2.27 bits per heavy atom. The summed E-state index contributed by atoms with van der Waals surface area (Å²) in [5.41, 5.74) is 3.03. The minimum Gasteiger partial charge on any atom is -0.450 e. The van der Waals surface area contributed by atoms with Crippen LogP contribution in [0.2, 0.25) is 0 Å². The number of amides is 1. The van der Waals surface area contributed by atoms with E-state index in [4.69, 9.17) is 4.42 Å². The van der Waals surface area contributed by atoms with E-state index < -0.39 is 6.04 Å². The van der Waals surface area contributed by atoms with E-state index in [0.717, 1.165) is 31.6 Å². The van der Waals surface area contributed by atoms with Gasteiger partial charge >= 0.3 is 0 Å². The molecule has 0 spiro atoms. The Labute approximate surface area is 196 Å². The topological polar surface area (TPSA) is 55.0 Å². The minimum atomic E-state index is -0.422. The lowest BCUT2D eigenvalue weighted by atomic mass is 9.86. The molecule has 5 nitrogen and oxygen atoms in total. The number of hydrogen-bond donors (Lipinski definition) is 1. The summed E-state index contributed by atoms with van der Waals surface area (Å²) in [5.74, 6) is 0.00563. The van der Waals surface area contributed by atoms with Crippen LogP contribution < -0.4 is 10.3 Å². The monoisotopic (exact) mass is 447 g/mol. The summed E-state index contributed by atoms with van der Waals surface area (Å²) in [5, 5.41) is 0.523. The molecular weight excluding hydrogens is 412 g/mol. The molecule has 1 atom stereocenters. The second kappa shape index (κ2) is 9.14. The quantitative estimate of drug-likeness (QED) is 0.597. The fraction of sp³-hybridized carbons (Fsp3) is 0.429. The summed E-state index contributed by atoms with van der Waals surface area (Å²) >= 11 is 0. The third-order valence-electron chi connectivity index (χ3n) is 6.89. The van der Waals surface area contributed by atoms with Crippen LogP contribution in [0.3, 0.4) is 0 Å².